The first-order chi connectivity index (χ1) is 11.1. The molecule has 4 heteroatoms. The topological polar surface area (TPSA) is 44.8 Å². The SMILES string of the molecule is CC[C@@](C)(Oc1cccc(OCc2ccccc2)c1)C(=O)OC. The average molecular weight is 314 g/mol. The second-order valence-electron chi connectivity index (χ2n) is 5.43. The van der Waals surface area contributed by atoms with E-state index in [2.05, 4.69) is 0 Å². The smallest absolute Gasteiger partial charge is 0.349 e. The maximum absolute atomic E-state index is 11.9. The number of benzene rings is 2. The van der Waals surface area contributed by atoms with Gasteiger partial charge in [-0.15, -0.1) is 0 Å². The average Bonchev–Trinajstić information content (AvgIpc) is 2.60. The molecule has 0 aliphatic heterocycles. The van der Waals surface area contributed by atoms with Crippen molar-refractivity contribution in [1.82, 2.24) is 0 Å². The summed E-state index contributed by atoms with van der Waals surface area (Å²) in [5.74, 6) is 0.871. The van der Waals surface area contributed by atoms with Crippen molar-refractivity contribution in [3.05, 3.63) is 60.2 Å². The first-order valence-electron chi connectivity index (χ1n) is 7.61. The summed E-state index contributed by atoms with van der Waals surface area (Å²) >= 11 is 0. The van der Waals surface area contributed by atoms with E-state index in [0.29, 0.717) is 24.5 Å². The summed E-state index contributed by atoms with van der Waals surface area (Å²) in [6.45, 7) is 4.08. The second kappa shape index (κ2) is 7.68. The molecule has 0 unspecified atom stereocenters. The molecule has 0 spiro atoms. The number of rotatable bonds is 7. The summed E-state index contributed by atoms with van der Waals surface area (Å²) in [7, 11) is 1.36. The Morgan fingerprint density at radius 1 is 1.04 bits per heavy atom. The minimum Gasteiger partial charge on any atom is -0.489 e. The third-order valence-corrected chi connectivity index (χ3v) is 3.69. The summed E-state index contributed by atoms with van der Waals surface area (Å²) in [6, 6.07) is 17.2. The van der Waals surface area contributed by atoms with Gasteiger partial charge in [0.15, 0.2) is 0 Å². The van der Waals surface area contributed by atoms with E-state index in [1.807, 2.05) is 49.4 Å². The van der Waals surface area contributed by atoms with E-state index < -0.39 is 11.6 Å². The molecule has 0 N–H and O–H groups in total. The molecule has 0 aromatic heterocycles. The predicted molar refractivity (Wildman–Crippen MR) is 88.6 cm³/mol. The first kappa shape index (κ1) is 16.9. The van der Waals surface area contributed by atoms with Gasteiger partial charge in [-0.05, 0) is 31.0 Å². The fraction of sp³-hybridized carbons (Fsp3) is 0.316. The molecule has 23 heavy (non-hydrogen) atoms. The van der Waals surface area contributed by atoms with E-state index in [1.54, 1.807) is 19.1 Å². The van der Waals surface area contributed by atoms with E-state index in [9.17, 15) is 4.79 Å². The Balaban J connectivity index is 2.06. The van der Waals surface area contributed by atoms with Crippen LogP contribution in [0.25, 0.3) is 0 Å². The maximum atomic E-state index is 11.9. The van der Waals surface area contributed by atoms with Crippen molar-refractivity contribution in [3.63, 3.8) is 0 Å². The lowest BCUT2D eigenvalue weighted by molar-refractivity contribution is -0.157. The van der Waals surface area contributed by atoms with Gasteiger partial charge in [-0.25, -0.2) is 4.79 Å². The van der Waals surface area contributed by atoms with Gasteiger partial charge in [0.1, 0.15) is 18.1 Å². The highest BCUT2D eigenvalue weighted by molar-refractivity contribution is 5.79. The van der Waals surface area contributed by atoms with Crippen LogP contribution < -0.4 is 9.47 Å². The molecule has 0 saturated carbocycles. The Kier molecular flexibility index (Phi) is 5.63. The van der Waals surface area contributed by atoms with Crippen LogP contribution in [0.4, 0.5) is 0 Å². The van der Waals surface area contributed by atoms with Gasteiger partial charge in [-0.1, -0.05) is 43.3 Å². The van der Waals surface area contributed by atoms with E-state index >= 15 is 0 Å². The number of methoxy groups -OCH3 is 1. The Morgan fingerprint density at radius 2 is 1.74 bits per heavy atom. The third-order valence-electron chi connectivity index (χ3n) is 3.69. The lowest BCUT2D eigenvalue weighted by atomic mass is 10.0. The van der Waals surface area contributed by atoms with Gasteiger partial charge >= 0.3 is 5.97 Å². The highest BCUT2D eigenvalue weighted by Gasteiger charge is 2.35. The van der Waals surface area contributed by atoms with Crippen LogP contribution >= 0.6 is 0 Å². The van der Waals surface area contributed by atoms with Gasteiger partial charge in [0, 0.05) is 6.07 Å². The van der Waals surface area contributed by atoms with Crippen LogP contribution in [0.3, 0.4) is 0 Å². The number of ether oxygens (including phenoxy) is 3. The summed E-state index contributed by atoms with van der Waals surface area (Å²) in [5.41, 5.74) is 0.0825. The molecular formula is C19H22O4. The summed E-state index contributed by atoms with van der Waals surface area (Å²) < 4.78 is 16.4. The fourth-order valence-electron chi connectivity index (χ4n) is 2.10. The predicted octanol–water partition coefficient (Wildman–Crippen LogP) is 3.99. The molecule has 0 heterocycles. The quantitative estimate of drug-likeness (QED) is 0.725. The van der Waals surface area contributed by atoms with Crippen molar-refractivity contribution >= 4 is 5.97 Å². The Hall–Kier alpha value is -2.49. The van der Waals surface area contributed by atoms with Gasteiger partial charge in [0.25, 0.3) is 0 Å². The lowest BCUT2D eigenvalue weighted by Crippen LogP contribution is -2.41. The third kappa shape index (κ3) is 4.49. The largest absolute Gasteiger partial charge is 0.489 e. The van der Waals surface area contributed by atoms with Crippen LogP contribution in [0.2, 0.25) is 0 Å². The first-order valence-corrected chi connectivity index (χ1v) is 7.61. The fourth-order valence-corrected chi connectivity index (χ4v) is 2.10. The van der Waals surface area contributed by atoms with Gasteiger partial charge in [-0.2, -0.15) is 0 Å². The second-order valence-corrected chi connectivity index (χ2v) is 5.43. The van der Waals surface area contributed by atoms with Crippen molar-refractivity contribution in [2.75, 3.05) is 7.11 Å². The molecule has 4 nitrogen and oxygen atoms in total. The zero-order valence-electron chi connectivity index (χ0n) is 13.7. The molecule has 122 valence electrons. The van der Waals surface area contributed by atoms with Crippen molar-refractivity contribution in [2.24, 2.45) is 0 Å². The van der Waals surface area contributed by atoms with Gasteiger partial charge < -0.3 is 14.2 Å². The van der Waals surface area contributed by atoms with Crippen molar-refractivity contribution in [3.8, 4) is 11.5 Å². The standard InChI is InChI=1S/C19H22O4/c1-4-19(2,18(20)21-3)23-17-12-8-11-16(13-17)22-14-15-9-6-5-7-10-15/h5-13H,4,14H2,1-3H3/t19-/m1/s1. The minimum atomic E-state index is -1.01. The summed E-state index contributed by atoms with van der Waals surface area (Å²) in [5, 5.41) is 0. The highest BCUT2D eigenvalue weighted by Crippen LogP contribution is 2.26. The van der Waals surface area contributed by atoms with E-state index in [4.69, 9.17) is 14.2 Å². The van der Waals surface area contributed by atoms with Crippen molar-refractivity contribution < 1.29 is 19.0 Å². The molecule has 1 atom stereocenters. The molecule has 0 aliphatic carbocycles. The van der Waals surface area contributed by atoms with E-state index in [0.717, 1.165) is 5.56 Å². The molecule has 0 radical (unpaired) electrons. The number of hydrogen-bond donors (Lipinski definition) is 0. The summed E-state index contributed by atoms with van der Waals surface area (Å²) in [6.07, 6.45) is 0.509. The monoisotopic (exact) mass is 314 g/mol. The number of hydrogen-bond acceptors (Lipinski definition) is 4. The molecule has 0 amide bonds. The Bertz CT molecular complexity index is 639. The molecule has 2 aromatic carbocycles. The van der Waals surface area contributed by atoms with Gasteiger partial charge in [0.05, 0.1) is 7.11 Å². The van der Waals surface area contributed by atoms with Crippen molar-refractivity contribution in [1.29, 1.82) is 0 Å². The minimum absolute atomic E-state index is 0.393. The Labute approximate surface area is 137 Å². The number of esters is 1. The van der Waals surface area contributed by atoms with Crippen molar-refractivity contribution in [2.45, 2.75) is 32.5 Å². The molecule has 2 rings (SSSR count). The van der Waals surface area contributed by atoms with E-state index in [1.165, 1.54) is 7.11 Å². The van der Waals surface area contributed by atoms with Crippen LogP contribution in [0.15, 0.2) is 54.6 Å². The Morgan fingerprint density at radius 3 is 2.39 bits per heavy atom. The molecule has 2 aromatic rings. The molecule has 0 saturated heterocycles. The van der Waals surface area contributed by atoms with Gasteiger partial charge in [0.2, 0.25) is 5.60 Å². The zero-order chi connectivity index (χ0) is 16.7. The van der Waals surface area contributed by atoms with Gasteiger partial charge in [-0.3, -0.25) is 0 Å². The maximum Gasteiger partial charge on any atom is 0.349 e. The molecular weight excluding hydrogens is 292 g/mol. The van der Waals surface area contributed by atoms with Crippen LogP contribution in [0.5, 0.6) is 11.5 Å². The molecule has 0 fully saturated rings. The molecule has 0 bridgehead atoms. The summed E-state index contributed by atoms with van der Waals surface area (Å²) in [4.78, 5) is 11.9. The van der Waals surface area contributed by atoms with Crippen LogP contribution in [0, 0.1) is 0 Å². The van der Waals surface area contributed by atoms with Crippen LogP contribution in [0.1, 0.15) is 25.8 Å². The number of carbonyl (C=O) groups is 1. The number of carbonyl (C=O) groups excluding carboxylic acids is 1. The normalized spacial score (nSPS) is 13.0. The highest BCUT2D eigenvalue weighted by atomic mass is 16.6. The lowest BCUT2D eigenvalue weighted by Gasteiger charge is -2.26. The zero-order valence-corrected chi connectivity index (χ0v) is 13.7. The molecule has 0 aliphatic rings. The van der Waals surface area contributed by atoms with Crippen LogP contribution in [-0.2, 0) is 16.1 Å². The van der Waals surface area contributed by atoms with E-state index in [-0.39, 0.29) is 0 Å². The van der Waals surface area contributed by atoms with Crippen LogP contribution in [-0.4, -0.2) is 18.7 Å².